The number of unbranched alkanes of at least 4 members (excludes halogenated alkanes) is 1. The van der Waals surface area contributed by atoms with Gasteiger partial charge < -0.3 is 0 Å². The average molecular weight is 269 g/mol. The first-order valence-corrected chi connectivity index (χ1v) is 6.43. The maximum absolute atomic E-state index is 11.9. The molecule has 0 N–H and O–H groups in total. The molecule has 15 heavy (non-hydrogen) atoms. The van der Waals surface area contributed by atoms with Crippen molar-refractivity contribution in [1.29, 1.82) is 0 Å². The fraction of sp³-hybridized carbons (Fsp3) is 0.462. The number of Topliss-reactive ketones (excluding diaryl/α,β-unsaturated/α-hetero) is 1. The zero-order valence-electron chi connectivity index (χ0n) is 9.35. The molecule has 0 aliphatic carbocycles. The van der Waals surface area contributed by atoms with E-state index in [2.05, 4.69) is 15.9 Å². The Hall–Kier alpha value is -0.630. The van der Waals surface area contributed by atoms with Gasteiger partial charge in [-0.1, -0.05) is 33.6 Å². The highest BCUT2D eigenvalue weighted by Crippen LogP contribution is 2.14. The minimum Gasteiger partial charge on any atom is -0.294 e. The Morgan fingerprint density at radius 3 is 2.67 bits per heavy atom. The first-order chi connectivity index (χ1) is 7.15. The van der Waals surface area contributed by atoms with Gasteiger partial charge in [0.2, 0.25) is 0 Å². The van der Waals surface area contributed by atoms with Gasteiger partial charge in [0, 0.05) is 17.3 Å². The van der Waals surface area contributed by atoms with Crippen molar-refractivity contribution in [3.8, 4) is 0 Å². The Balaban J connectivity index is 2.68. The first-order valence-electron chi connectivity index (χ1n) is 5.31. The lowest BCUT2D eigenvalue weighted by atomic mass is 9.99. The number of carbonyl (C=O) groups is 1. The van der Waals surface area contributed by atoms with Crippen molar-refractivity contribution in [2.75, 3.05) is 5.33 Å². The minimum absolute atomic E-state index is 0.275. The van der Waals surface area contributed by atoms with E-state index in [1.807, 2.05) is 32.0 Å². The highest BCUT2D eigenvalue weighted by molar-refractivity contribution is 9.09. The smallest absolute Gasteiger partial charge is 0.163 e. The number of hydrogen-bond donors (Lipinski definition) is 0. The summed E-state index contributed by atoms with van der Waals surface area (Å²) in [5.41, 5.74) is 3.14. The van der Waals surface area contributed by atoms with Crippen molar-refractivity contribution >= 4 is 21.7 Å². The van der Waals surface area contributed by atoms with E-state index in [-0.39, 0.29) is 5.78 Å². The van der Waals surface area contributed by atoms with E-state index in [0.29, 0.717) is 6.42 Å². The van der Waals surface area contributed by atoms with Gasteiger partial charge in [-0.3, -0.25) is 4.79 Å². The van der Waals surface area contributed by atoms with Crippen LogP contribution in [-0.2, 0) is 0 Å². The van der Waals surface area contributed by atoms with Crippen molar-refractivity contribution in [2.45, 2.75) is 33.1 Å². The maximum Gasteiger partial charge on any atom is 0.163 e. The lowest BCUT2D eigenvalue weighted by Crippen LogP contribution is -2.02. The van der Waals surface area contributed by atoms with Gasteiger partial charge in [0.05, 0.1) is 0 Å². The molecular weight excluding hydrogens is 252 g/mol. The molecule has 0 aliphatic rings. The van der Waals surface area contributed by atoms with Gasteiger partial charge in [-0.2, -0.15) is 0 Å². The summed E-state index contributed by atoms with van der Waals surface area (Å²) < 4.78 is 0. The Morgan fingerprint density at radius 2 is 2.00 bits per heavy atom. The van der Waals surface area contributed by atoms with Crippen LogP contribution in [0.1, 0.15) is 40.7 Å². The van der Waals surface area contributed by atoms with Gasteiger partial charge in [-0.05, 0) is 38.3 Å². The van der Waals surface area contributed by atoms with Crippen LogP contribution in [0, 0.1) is 13.8 Å². The number of rotatable bonds is 5. The van der Waals surface area contributed by atoms with Gasteiger partial charge in [-0.15, -0.1) is 0 Å². The first kappa shape index (κ1) is 12.4. The number of ketones is 1. The van der Waals surface area contributed by atoms with Gasteiger partial charge in [0.25, 0.3) is 0 Å². The summed E-state index contributed by atoms with van der Waals surface area (Å²) in [6.45, 7) is 4.02. The van der Waals surface area contributed by atoms with E-state index < -0.39 is 0 Å². The molecule has 1 aromatic carbocycles. The third kappa shape index (κ3) is 3.78. The van der Waals surface area contributed by atoms with E-state index in [1.165, 1.54) is 0 Å². The second-order valence-corrected chi connectivity index (χ2v) is 4.68. The third-order valence-corrected chi connectivity index (χ3v) is 3.04. The van der Waals surface area contributed by atoms with Crippen LogP contribution in [0.4, 0.5) is 0 Å². The molecule has 0 saturated heterocycles. The Morgan fingerprint density at radius 1 is 1.27 bits per heavy atom. The molecule has 0 aromatic heterocycles. The van der Waals surface area contributed by atoms with Crippen LogP contribution in [0.2, 0.25) is 0 Å². The van der Waals surface area contributed by atoms with Crippen LogP contribution in [0.25, 0.3) is 0 Å². The van der Waals surface area contributed by atoms with Gasteiger partial charge in [0.1, 0.15) is 0 Å². The van der Waals surface area contributed by atoms with Crippen LogP contribution in [0.5, 0.6) is 0 Å². The highest BCUT2D eigenvalue weighted by Gasteiger charge is 2.08. The molecule has 1 nitrogen and oxygen atoms in total. The summed E-state index contributed by atoms with van der Waals surface area (Å²) in [7, 11) is 0. The molecule has 0 amide bonds. The summed E-state index contributed by atoms with van der Waals surface area (Å²) in [5.74, 6) is 0.275. The highest BCUT2D eigenvalue weighted by atomic mass is 79.9. The van der Waals surface area contributed by atoms with Crippen molar-refractivity contribution in [3.05, 3.63) is 34.9 Å². The van der Waals surface area contributed by atoms with Gasteiger partial charge in [-0.25, -0.2) is 0 Å². The maximum atomic E-state index is 11.9. The molecule has 1 rings (SSSR count). The zero-order valence-corrected chi connectivity index (χ0v) is 10.9. The second kappa shape index (κ2) is 6.06. The fourth-order valence-electron chi connectivity index (χ4n) is 1.55. The standard InChI is InChI=1S/C13H17BrO/c1-10-6-7-11(2)12(9-10)13(15)5-3-4-8-14/h6-7,9H,3-5,8H2,1-2H3. The number of carbonyl (C=O) groups excluding carboxylic acids is 1. The molecule has 0 saturated carbocycles. The second-order valence-electron chi connectivity index (χ2n) is 3.89. The molecule has 0 heterocycles. The molecule has 2 heteroatoms. The molecule has 82 valence electrons. The number of alkyl halides is 1. The van der Waals surface area contributed by atoms with E-state index in [9.17, 15) is 4.79 Å². The molecule has 1 aromatic rings. The van der Waals surface area contributed by atoms with Crippen molar-refractivity contribution in [2.24, 2.45) is 0 Å². The predicted octanol–water partition coefficient (Wildman–Crippen LogP) is 4.05. The molecule has 0 bridgehead atoms. The Labute approximate surface area is 100 Å². The van der Waals surface area contributed by atoms with Crippen LogP contribution < -0.4 is 0 Å². The summed E-state index contributed by atoms with van der Waals surface area (Å²) >= 11 is 3.37. The molecular formula is C13H17BrO. The van der Waals surface area contributed by atoms with Crippen LogP contribution in [-0.4, -0.2) is 11.1 Å². The minimum atomic E-state index is 0.275. The Bertz CT molecular complexity index is 344. The quantitative estimate of drug-likeness (QED) is 0.447. The van der Waals surface area contributed by atoms with Crippen molar-refractivity contribution in [1.82, 2.24) is 0 Å². The van der Waals surface area contributed by atoms with E-state index in [0.717, 1.165) is 34.9 Å². The molecule has 0 unspecified atom stereocenters. The van der Waals surface area contributed by atoms with Crippen LogP contribution >= 0.6 is 15.9 Å². The molecule has 0 radical (unpaired) electrons. The SMILES string of the molecule is Cc1ccc(C)c(C(=O)CCCCBr)c1. The monoisotopic (exact) mass is 268 g/mol. The lowest BCUT2D eigenvalue weighted by Gasteiger charge is -2.05. The van der Waals surface area contributed by atoms with Crippen LogP contribution in [0.15, 0.2) is 18.2 Å². The number of halogens is 1. The lowest BCUT2D eigenvalue weighted by molar-refractivity contribution is 0.0979. The average Bonchev–Trinajstić information content (AvgIpc) is 2.22. The molecule has 0 atom stereocenters. The zero-order chi connectivity index (χ0) is 11.3. The fourth-order valence-corrected chi connectivity index (χ4v) is 1.95. The molecule has 0 fully saturated rings. The summed E-state index contributed by atoms with van der Waals surface area (Å²) in [5, 5.41) is 0.979. The predicted molar refractivity (Wildman–Crippen MR) is 67.9 cm³/mol. The molecule has 0 aliphatic heterocycles. The van der Waals surface area contributed by atoms with Gasteiger partial charge in [0.15, 0.2) is 5.78 Å². The van der Waals surface area contributed by atoms with Crippen molar-refractivity contribution < 1.29 is 4.79 Å². The summed E-state index contributed by atoms with van der Waals surface area (Å²) in [6, 6.07) is 6.06. The summed E-state index contributed by atoms with van der Waals surface area (Å²) in [4.78, 5) is 11.9. The van der Waals surface area contributed by atoms with Crippen molar-refractivity contribution in [3.63, 3.8) is 0 Å². The van der Waals surface area contributed by atoms with Gasteiger partial charge >= 0.3 is 0 Å². The molecule has 0 spiro atoms. The third-order valence-electron chi connectivity index (χ3n) is 2.48. The van der Waals surface area contributed by atoms with E-state index in [1.54, 1.807) is 0 Å². The summed E-state index contributed by atoms with van der Waals surface area (Å²) in [6.07, 6.45) is 2.70. The normalized spacial score (nSPS) is 10.3. The van der Waals surface area contributed by atoms with E-state index >= 15 is 0 Å². The largest absolute Gasteiger partial charge is 0.294 e. The van der Waals surface area contributed by atoms with Crippen LogP contribution in [0.3, 0.4) is 0 Å². The number of hydrogen-bond acceptors (Lipinski definition) is 1. The van der Waals surface area contributed by atoms with E-state index in [4.69, 9.17) is 0 Å². The topological polar surface area (TPSA) is 17.1 Å². The Kier molecular flexibility index (Phi) is 5.03. The number of benzene rings is 1. The number of aryl methyl sites for hydroxylation is 2.